The maximum atomic E-state index is 12.6. The number of benzene rings is 1. The molecule has 5 heteroatoms. The molecule has 1 unspecified atom stereocenters. The number of aliphatic hydroxyl groups is 1. The zero-order chi connectivity index (χ0) is 17.0. The average molecular weight is 315 g/mol. The fraction of sp³-hybridized carbons (Fsp3) is 0.444. The van der Waals surface area contributed by atoms with Crippen LogP contribution < -0.4 is 5.32 Å². The van der Waals surface area contributed by atoms with E-state index >= 15 is 0 Å². The zero-order valence-electron chi connectivity index (χ0n) is 14.2. The maximum Gasteiger partial charge on any atom is 0.270 e. The zero-order valence-corrected chi connectivity index (χ0v) is 14.2. The van der Waals surface area contributed by atoms with Gasteiger partial charge >= 0.3 is 0 Å². The van der Waals surface area contributed by atoms with Crippen LogP contribution in [0.4, 0.5) is 0 Å². The van der Waals surface area contributed by atoms with Gasteiger partial charge in [0.05, 0.1) is 11.7 Å². The summed E-state index contributed by atoms with van der Waals surface area (Å²) < 4.78 is 1.61. The van der Waals surface area contributed by atoms with Crippen molar-refractivity contribution in [2.24, 2.45) is 7.05 Å². The fourth-order valence-electron chi connectivity index (χ4n) is 2.47. The van der Waals surface area contributed by atoms with Crippen molar-refractivity contribution in [3.8, 4) is 0 Å². The van der Waals surface area contributed by atoms with E-state index < -0.39 is 0 Å². The van der Waals surface area contributed by atoms with Crippen LogP contribution >= 0.6 is 0 Å². The molecule has 2 N–H and O–H groups in total. The van der Waals surface area contributed by atoms with Crippen molar-refractivity contribution in [3.05, 3.63) is 52.8 Å². The van der Waals surface area contributed by atoms with Crippen molar-refractivity contribution < 1.29 is 9.90 Å². The molecule has 1 aromatic heterocycles. The molecule has 124 valence electrons. The number of nitrogens with one attached hydrogen (secondary N) is 1. The van der Waals surface area contributed by atoms with E-state index in [4.69, 9.17) is 0 Å². The Balaban J connectivity index is 2.19. The van der Waals surface area contributed by atoms with Gasteiger partial charge in [0.2, 0.25) is 0 Å². The number of aryl methyl sites for hydroxylation is 2. The van der Waals surface area contributed by atoms with Crippen molar-refractivity contribution in [1.82, 2.24) is 15.1 Å². The number of nitrogens with zero attached hydrogens (tertiary/aromatic N) is 2. The molecule has 0 saturated carbocycles. The maximum absolute atomic E-state index is 12.6. The SMILES string of the molecule is Cc1ccc(C(CCO)NC(=O)c2cc(C(C)C)nn2C)cc1. The molecule has 2 rings (SSSR count). The van der Waals surface area contributed by atoms with Crippen LogP contribution in [0, 0.1) is 6.92 Å². The summed E-state index contributed by atoms with van der Waals surface area (Å²) in [6.07, 6.45) is 0.476. The van der Waals surface area contributed by atoms with Crippen LogP contribution in [0.15, 0.2) is 30.3 Å². The minimum absolute atomic E-state index is 0.0153. The largest absolute Gasteiger partial charge is 0.396 e. The van der Waals surface area contributed by atoms with Gasteiger partial charge in [0, 0.05) is 13.7 Å². The van der Waals surface area contributed by atoms with Crippen LogP contribution in [0.2, 0.25) is 0 Å². The molecule has 0 aliphatic heterocycles. The first-order valence-electron chi connectivity index (χ1n) is 7.94. The Hall–Kier alpha value is -2.14. The first kappa shape index (κ1) is 17.2. The molecule has 2 aromatic rings. The minimum Gasteiger partial charge on any atom is -0.396 e. The number of amides is 1. The highest BCUT2D eigenvalue weighted by Crippen LogP contribution is 2.19. The summed E-state index contributed by atoms with van der Waals surface area (Å²) in [4.78, 5) is 12.6. The van der Waals surface area contributed by atoms with Crippen LogP contribution in [0.3, 0.4) is 0 Å². The third kappa shape index (κ3) is 4.20. The molecule has 1 aromatic carbocycles. The number of carbonyl (C=O) groups is 1. The summed E-state index contributed by atoms with van der Waals surface area (Å²) in [6, 6.07) is 9.59. The molecule has 0 spiro atoms. The molecular weight excluding hydrogens is 290 g/mol. The molecule has 1 heterocycles. The van der Waals surface area contributed by atoms with Crippen molar-refractivity contribution >= 4 is 5.91 Å². The monoisotopic (exact) mass is 315 g/mol. The number of hydrogen-bond donors (Lipinski definition) is 2. The van der Waals surface area contributed by atoms with E-state index in [1.54, 1.807) is 11.7 Å². The predicted molar refractivity (Wildman–Crippen MR) is 90.4 cm³/mol. The number of hydrogen-bond acceptors (Lipinski definition) is 3. The lowest BCUT2D eigenvalue weighted by atomic mass is 10.0. The van der Waals surface area contributed by atoms with Gasteiger partial charge < -0.3 is 10.4 Å². The highest BCUT2D eigenvalue weighted by molar-refractivity contribution is 5.93. The van der Waals surface area contributed by atoms with Gasteiger partial charge in [0.15, 0.2) is 0 Å². The summed E-state index contributed by atoms with van der Waals surface area (Å²) in [5.41, 5.74) is 3.58. The molecule has 1 amide bonds. The number of rotatable bonds is 6. The van der Waals surface area contributed by atoms with Crippen LogP contribution in [0.25, 0.3) is 0 Å². The Morgan fingerprint density at radius 3 is 2.48 bits per heavy atom. The van der Waals surface area contributed by atoms with Gasteiger partial charge in [-0.2, -0.15) is 5.10 Å². The van der Waals surface area contributed by atoms with Crippen molar-refractivity contribution in [2.45, 2.75) is 39.2 Å². The second kappa shape index (κ2) is 7.42. The third-order valence-electron chi connectivity index (χ3n) is 3.93. The van der Waals surface area contributed by atoms with E-state index in [0.717, 1.165) is 16.8 Å². The summed E-state index contributed by atoms with van der Waals surface area (Å²) >= 11 is 0. The van der Waals surface area contributed by atoms with Gasteiger partial charge in [-0.3, -0.25) is 9.48 Å². The van der Waals surface area contributed by atoms with Gasteiger partial charge in [-0.25, -0.2) is 0 Å². The molecule has 0 bridgehead atoms. The second-order valence-electron chi connectivity index (χ2n) is 6.18. The van der Waals surface area contributed by atoms with Gasteiger partial charge in [-0.15, -0.1) is 0 Å². The van der Waals surface area contributed by atoms with E-state index in [0.29, 0.717) is 12.1 Å². The predicted octanol–water partition coefficient (Wildman–Crippen LogP) is 2.71. The third-order valence-corrected chi connectivity index (χ3v) is 3.93. The van der Waals surface area contributed by atoms with Gasteiger partial charge in [0.25, 0.3) is 5.91 Å². The van der Waals surface area contributed by atoms with Gasteiger partial charge in [-0.1, -0.05) is 43.7 Å². The van der Waals surface area contributed by atoms with Crippen molar-refractivity contribution in [1.29, 1.82) is 0 Å². The van der Waals surface area contributed by atoms with Crippen LogP contribution in [-0.4, -0.2) is 27.4 Å². The van der Waals surface area contributed by atoms with Crippen LogP contribution in [0.5, 0.6) is 0 Å². The first-order valence-corrected chi connectivity index (χ1v) is 7.94. The molecule has 23 heavy (non-hydrogen) atoms. The van der Waals surface area contributed by atoms with Crippen LogP contribution in [0.1, 0.15) is 59.5 Å². The minimum atomic E-state index is -0.217. The fourth-order valence-corrected chi connectivity index (χ4v) is 2.47. The highest BCUT2D eigenvalue weighted by atomic mass is 16.3. The Bertz CT molecular complexity index is 659. The van der Waals surface area contributed by atoms with Crippen LogP contribution in [-0.2, 0) is 7.05 Å². The molecular formula is C18H25N3O2. The Labute approximate surface area is 137 Å². The number of aromatic nitrogens is 2. The highest BCUT2D eigenvalue weighted by Gasteiger charge is 2.19. The van der Waals surface area contributed by atoms with E-state index in [1.165, 1.54) is 0 Å². The van der Waals surface area contributed by atoms with Crippen molar-refractivity contribution in [2.75, 3.05) is 6.61 Å². The quantitative estimate of drug-likeness (QED) is 0.861. The standard InChI is InChI=1S/C18H25N3O2/c1-12(2)16-11-17(21(4)20-16)18(23)19-15(9-10-22)14-7-5-13(3)6-8-14/h5-8,11-12,15,22H,9-10H2,1-4H3,(H,19,23). The van der Waals surface area contributed by atoms with E-state index in [9.17, 15) is 9.90 Å². The van der Waals surface area contributed by atoms with E-state index in [2.05, 4.69) is 10.4 Å². The molecule has 0 aliphatic rings. The Kier molecular flexibility index (Phi) is 5.55. The molecule has 0 saturated heterocycles. The van der Waals surface area contributed by atoms with Crippen molar-refractivity contribution in [3.63, 3.8) is 0 Å². The molecule has 0 fully saturated rings. The normalized spacial score (nSPS) is 12.4. The summed E-state index contributed by atoms with van der Waals surface area (Å²) in [7, 11) is 1.77. The molecule has 1 atom stereocenters. The summed E-state index contributed by atoms with van der Waals surface area (Å²) in [5, 5.41) is 16.7. The van der Waals surface area contributed by atoms with Gasteiger partial charge in [-0.05, 0) is 30.9 Å². The topological polar surface area (TPSA) is 67.2 Å². The van der Waals surface area contributed by atoms with Gasteiger partial charge in [0.1, 0.15) is 5.69 Å². The molecule has 5 nitrogen and oxygen atoms in total. The molecule has 0 aliphatic carbocycles. The smallest absolute Gasteiger partial charge is 0.270 e. The Morgan fingerprint density at radius 2 is 1.96 bits per heavy atom. The lowest BCUT2D eigenvalue weighted by Crippen LogP contribution is -2.30. The average Bonchev–Trinajstić information content (AvgIpc) is 2.90. The summed E-state index contributed by atoms with van der Waals surface area (Å²) in [5.74, 6) is 0.0963. The second-order valence-corrected chi connectivity index (χ2v) is 6.18. The number of aliphatic hydroxyl groups excluding tert-OH is 1. The first-order chi connectivity index (χ1) is 10.9. The number of carbonyl (C=O) groups excluding carboxylic acids is 1. The van der Waals surface area contributed by atoms with E-state index in [-0.39, 0.29) is 24.5 Å². The summed E-state index contributed by atoms with van der Waals surface area (Å²) in [6.45, 7) is 6.13. The lowest BCUT2D eigenvalue weighted by molar-refractivity contribution is 0.0920. The molecule has 0 radical (unpaired) electrons. The van der Waals surface area contributed by atoms with E-state index in [1.807, 2.05) is 51.1 Å². The lowest BCUT2D eigenvalue weighted by Gasteiger charge is -2.18. The Morgan fingerprint density at radius 1 is 1.30 bits per heavy atom.